The van der Waals surface area contributed by atoms with E-state index in [2.05, 4.69) is 30.1 Å². The van der Waals surface area contributed by atoms with Gasteiger partial charge in [0, 0.05) is 30.1 Å². The van der Waals surface area contributed by atoms with E-state index in [9.17, 15) is 0 Å². The van der Waals surface area contributed by atoms with Crippen molar-refractivity contribution in [2.45, 2.75) is 51.7 Å². The number of rotatable bonds is 4. The van der Waals surface area contributed by atoms with Crippen LogP contribution in [-0.2, 0) is 6.54 Å². The summed E-state index contributed by atoms with van der Waals surface area (Å²) < 4.78 is 0.899. The summed E-state index contributed by atoms with van der Waals surface area (Å²) >= 11 is 7.72. The zero-order valence-corrected chi connectivity index (χ0v) is 12.9. The lowest BCUT2D eigenvalue weighted by molar-refractivity contribution is 0.195. The fourth-order valence-corrected chi connectivity index (χ4v) is 3.72. The number of halogens is 1. The Morgan fingerprint density at radius 3 is 3.00 bits per heavy atom. The van der Waals surface area contributed by atoms with Crippen LogP contribution in [0.3, 0.4) is 0 Å². The van der Waals surface area contributed by atoms with Crippen LogP contribution in [0.15, 0.2) is 12.1 Å². The molecule has 1 N–H and O–H groups in total. The zero-order valence-electron chi connectivity index (χ0n) is 11.3. The van der Waals surface area contributed by atoms with Crippen molar-refractivity contribution in [1.29, 1.82) is 0 Å². The Hall–Kier alpha value is -0.0900. The summed E-state index contributed by atoms with van der Waals surface area (Å²) in [5.41, 5.74) is 0. The maximum Gasteiger partial charge on any atom is 0.0931 e. The van der Waals surface area contributed by atoms with E-state index < -0.39 is 0 Å². The van der Waals surface area contributed by atoms with Crippen molar-refractivity contribution in [3.05, 3.63) is 21.3 Å². The van der Waals surface area contributed by atoms with Gasteiger partial charge in [0.1, 0.15) is 0 Å². The van der Waals surface area contributed by atoms with E-state index in [1.807, 2.05) is 6.07 Å². The standard InChI is InChI=1S/C14H23ClN2S/c1-3-4-12-9-17(11(2)7-8-16-12)10-13-5-6-14(15)18-13/h5-6,11-12,16H,3-4,7-10H2,1-2H3. The molecule has 0 bridgehead atoms. The molecular weight excluding hydrogens is 264 g/mol. The van der Waals surface area contributed by atoms with E-state index in [0.717, 1.165) is 24.0 Å². The lowest BCUT2D eigenvalue weighted by Crippen LogP contribution is -2.39. The minimum absolute atomic E-state index is 0.649. The van der Waals surface area contributed by atoms with Crippen LogP contribution < -0.4 is 5.32 Å². The van der Waals surface area contributed by atoms with Gasteiger partial charge >= 0.3 is 0 Å². The van der Waals surface area contributed by atoms with Gasteiger partial charge < -0.3 is 5.32 Å². The minimum atomic E-state index is 0.649. The van der Waals surface area contributed by atoms with Crippen molar-refractivity contribution in [3.8, 4) is 0 Å². The Kier molecular flexibility index (Phi) is 5.49. The van der Waals surface area contributed by atoms with Crippen LogP contribution in [0.4, 0.5) is 0 Å². The third-order valence-corrected chi connectivity index (χ3v) is 4.91. The molecule has 4 heteroatoms. The number of hydrogen-bond acceptors (Lipinski definition) is 3. The third-order valence-electron chi connectivity index (χ3n) is 3.70. The summed E-state index contributed by atoms with van der Waals surface area (Å²) in [7, 11) is 0. The summed E-state index contributed by atoms with van der Waals surface area (Å²) in [4.78, 5) is 3.98. The monoisotopic (exact) mass is 286 g/mol. The highest BCUT2D eigenvalue weighted by Crippen LogP contribution is 2.24. The maximum absolute atomic E-state index is 6.01. The molecule has 0 spiro atoms. The quantitative estimate of drug-likeness (QED) is 0.907. The fraction of sp³-hybridized carbons (Fsp3) is 0.714. The van der Waals surface area contributed by atoms with Crippen molar-refractivity contribution in [2.75, 3.05) is 13.1 Å². The molecule has 1 fully saturated rings. The molecule has 2 atom stereocenters. The zero-order chi connectivity index (χ0) is 13.0. The van der Waals surface area contributed by atoms with Crippen LogP contribution in [0.1, 0.15) is 38.0 Å². The molecular formula is C14H23ClN2S. The minimum Gasteiger partial charge on any atom is -0.313 e. The number of nitrogens with zero attached hydrogens (tertiary/aromatic N) is 1. The second kappa shape index (κ2) is 6.90. The van der Waals surface area contributed by atoms with Gasteiger partial charge in [0.15, 0.2) is 0 Å². The third kappa shape index (κ3) is 3.95. The molecule has 1 aromatic rings. The topological polar surface area (TPSA) is 15.3 Å². The molecule has 2 heterocycles. The first kappa shape index (κ1) is 14.3. The summed E-state index contributed by atoms with van der Waals surface area (Å²) in [5.74, 6) is 0. The van der Waals surface area contributed by atoms with E-state index in [1.54, 1.807) is 11.3 Å². The molecule has 1 saturated heterocycles. The first-order valence-corrected chi connectivity index (χ1v) is 8.10. The van der Waals surface area contributed by atoms with Crippen LogP contribution in [0.25, 0.3) is 0 Å². The van der Waals surface area contributed by atoms with Crippen molar-refractivity contribution in [3.63, 3.8) is 0 Å². The molecule has 0 radical (unpaired) electrons. The summed E-state index contributed by atoms with van der Waals surface area (Å²) in [5, 5.41) is 3.67. The average molecular weight is 287 g/mol. The van der Waals surface area contributed by atoms with Gasteiger partial charge in [-0.3, -0.25) is 4.90 Å². The molecule has 0 aromatic carbocycles. The van der Waals surface area contributed by atoms with Crippen molar-refractivity contribution >= 4 is 22.9 Å². The first-order valence-electron chi connectivity index (χ1n) is 6.90. The lowest BCUT2D eigenvalue weighted by Gasteiger charge is -2.28. The molecule has 0 amide bonds. The SMILES string of the molecule is CCCC1CN(Cc2ccc(Cl)s2)C(C)CCN1. The molecule has 102 valence electrons. The van der Waals surface area contributed by atoms with Crippen LogP contribution in [0.5, 0.6) is 0 Å². The van der Waals surface area contributed by atoms with Crippen LogP contribution in [0, 0.1) is 0 Å². The van der Waals surface area contributed by atoms with Gasteiger partial charge in [-0.1, -0.05) is 24.9 Å². The molecule has 1 aromatic heterocycles. The van der Waals surface area contributed by atoms with Gasteiger partial charge in [0.25, 0.3) is 0 Å². The van der Waals surface area contributed by atoms with E-state index in [1.165, 1.54) is 24.1 Å². The highest BCUT2D eigenvalue weighted by molar-refractivity contribution is 7.16. The Bertz CT molecular complexity index is 366. The summed E-state index contributed by atoms with van der Waals surface area (Å²) in [6.07, 6.45) is 3.76. The molecule has 2 nitrogen and oxygen atoms in total. The van der Waals surface area contributed by atoms with Gasteiger partial charge in [-0.05, 0) is 38.4 Å². The molecule has 0 aliphatic carbocycles. The normalized spacial score (nSPS) is 26.2. The first-order chi connectivity index (χ1) is 8.69. The van der Waals surface area contributed by atoms with E-state index >= 15 is 0 Å². The molecule has 1 aliphatic heterocycles. The largest absolute Gasteiger partial charge is 0.313 e. The fourth-order valence-electron chi connectivity index (χ4n) is 2.61. The predicted molar refractivity (Wildman–Crippen MR) is 80.5 cm³/mol. The molecule has 0 saturated carbocycles. The van der Waals surface area contributed by atoms with E-state index in [0.29, 0.717) is 12.1 Å². The highest BCUT2D eigenvalue weighted by Gasteiger charge is 2.22. The van der Waals surface area contributed by atoms with Gasteiger partial charge in [-0.25, -0.2) is 0 Å². The lowest BCUT2D eigenvalue weighted by atomic mass is 10.1. The van der Waals surface area contributed by atoms with Gasteiger partial charge in [-0.15, -0.1) is 11.3 Å². The predicted octanol–water partition coefficient (Wildman–Crippen LogP) is 3.75. The Morgan fingerprint density at radius 2 is 2.33 bits per heavy atom. The van der Waals surface area contributed by atoms with Crippen LogP contribution in [-0.4, -0.2) is 30.1 Å². The Labute approximate surface area is 119 Å². The van der Waals surface area contributed by atoms with Gasteiger partial charge in [0.2, 0.25) is 0 Å². The molecule has 18 heavy (non-hydrogen) atoms. The van der Waals surface area contributed by atoms with Crippen LogP contribution >= 0.6 is 22.9 Å². The summed E-state index contributed by atoms with van der Waals surface area (Å²) in [6.45, 7) is 7.95. The molecule has 2 rings (SSSR count). The smallest absolute Gasteiger partial charge is 0.0931 e. The van der Waals surface area contributed by atoms with Gasteiger partial charge in [0.05, 0.1) is 4.34 Å². The van der Waals surface area contributed by atoms with E-state index in [4.69, 9.17) is 11.6 Å². The van der Waals surface area contributed by atoms with Crippen molar-refractivity contribution < 1.29 is 0 Å². The van der Waals surface area contributed by atoms with E-state index in [-0.39, 0.29) is 0 Å². The van der Waals surface area contributed by atoms with Crippen molar-refractivity contribution in [1.82, 2.24) is 10.2 Å². The van der Waals surface area contributed by atoms with Crippen LogP contribution in [0.2, 0.25) is 4.34 Å². The Morgan fingerprint density at radius 1 is 1.50 bits per heavy atom. The second-order valence-corrected chi connectivity index (χ2v) is 7.01. The molecule has 1 aliphatic rings. The number of thiophene rings is 1. The number of hydrogen-bond donors (Lipinski definition) is 1. The molecule has 2 unspecified atom stereocenters. The average Bonchev–Trinajstić information content (AvgIpc) is 2.65. The Balaban J connectivity index is 1.98. The summed E-state index contributed by atoms with van der Waals surface area (Å²) in [6, 6.07) is 5.47. The second-order valence-electron chi connectivity index (χ2n) is 5.21. The van der Waals surface area contributed by atoms with Crippen molar-refractivity contribution in [2.24, 2.45) is 0 Å². The van der Waals surface area contributed by atoms with Gasteiger partial charge in [-0.2, -0.15) is 0 Å². The number of nitrogens with one attached hydrogen (secondary N) is 1. The highest BCUT2D eigenvalue weighted by atomic mass is 35.5. The maximum atomic E-state index is 6.01.